The Morgan fingerprint density at radius 1 is 1.30 bits per heavy atom. The minimum Gasteiger partial charge on any atom is -0.478 e. The van der Waals surface area contributed by atoms with Crippen LogP contribution in [-0.2, 0) is 22.6 Å². The van der Waals surface area contributed by atoms with Crippen LogP contribution in [0.5, 0.6) is 0 Å². The zero-order valence-electron chi connectivity index (χ0n) is 12.4. The lowest BCUT2D eigenvalue weighted by atomic mass is 10.0. The van der Waals surface area contributed by atoms with Crippen LogP contribution < -0.4 is 11.0 Å². The van der Waals surface area contributed by atoms with Gasteiger partial charge in [0, 0.05) is 24.7 Å². The average Bonchev–Trinajstić information content (AvgIpc) is 2.84. The number of carboxylic acids is 2. The van der Waals surface area contributed by atoms with Crippen LogP contribution in [0.25, 0.3) is 11.0 Å². The van der Waals surface area contributed by atoms with Gasteiger partial charge in [0.25, 0.3) is 0 Å². The molecule has 0 saturated heterocycles. The number of benzene rings is 1. The zero-order valence-corrected chi connectivity index (χ0v) is 12.4. The van der Waals surface area contributed by atoms with Crippen LogP contribution in [0.15, 0.2) is 35.1 Å². The summed E-state index contributed by atoms with van der Waals surface area (Å²) in [5, 5.41) is 18.9. The van der Waals surface area contributed by atoms with E-state index < -0.39 is 11.9 Å². The smallest absolute Gasteiger partial charge is 0.328 e. The topological polar surface area (TPSA) is 124 Å². The highest BCUT2D eigenvalue weighted by Gasteiger charge is 2.21. The first-order valence-electron chi connectivity index (χ1n) is 6.94. The highest BCUT2D eigenvalue weighted by molar-refractivity contribution is 5.89. The van der Waals surface area contributed by atoms with Gasteiger partial charge in [-0.25, -0.2) is 14.4 Å². The molecule has 0 fully saturated rings. The SMILES string of the molecule is CNC1Cc2cccc3[nH]c(=O)n(c23)C1.O=C(O)/C=C\C(=O)O. The monoisotopic (exact) mass is 319 g/mol. The minimum absolute atomic E-state index is 0.00241. The van der Waals surface area contributed by atoms with Crippen molar-refractivity contribution in [1.82, 2.24) is 14.9 Å². The van der Waals surface area contributed by atoms with Gasteiger partial charge in [-0.1, -0.05) is 12.1 Å². The predicted octanol–water partition coefficient (Wildman–Crippen LogP) is 0.185. The number of carbonyl (C=O) groups is 2. The molecule has 0 saturated carbocycles. The highest BCUT2D eigenvalue weighted by atomic mass is 16.4. The second-order valence-corrected chi connectivity index (χ2v) is 5.05. The van der Waals surface area contributed by atoms with E-state index in [0.717, 1.165) is 24.0 Å². The number of aromatic amines is 1. The lowest BCUT2D eigenvalue weighted by molar-refractivity contribution is -0.134. The molecule has 1 aliphatic heterocycles. The van der Waals surface area contributed by atoms with E-state index in [1.54, 1.807) is 0 Å². The molecule has 23 heavy (non-hydrogen) atoms. The van der Waals surface area contributed by atoms with Crippen molar-refractivity contribution in [2.24, 2.45) is 0 Å². The fourth-order valence-electron chi connectivity index (χ4n) is 2.52. The van der Waals surface area contributed by atoms with E-state index in [-0.39, 0.29) is 5.69 Å². The maximum absolute atomic E-state index is 11.7. The van der Waals surface area contributed by atoms with E-state index in [0.29, 0.717) is 18.2 Å². The summed E-state index contributed by atoms with van der Waals surface area (Å²) in [6.07, 6.45) is 2.11. The van der Waals surface area contributed by atoms with E-state index >= 15 is 0 Å². The summed E-state index contributed by atoms with van der Waals surface area (Å²) in [4.78, 5) is 33.7. The first-order chi connectivity index (χ1) is 10.9. The Balaban J connectivity index is 0.000000207. The molecule has 3 rings (SSSR count). The number of hydrogen-bond donors (Lipinski definition) is 4. The van der Waals surface area contributed by atoms with Crippen LogP contribution in [0.2, 0.25) is 0 Å². The molecule has 4 N–H and O–H groups in total. The Bertz CT molecular complexity index is 802. The van der Waals surface area contributed by atoms with Crippen molar-refractivity contribution in [1.29, 1.82) is 0 Å². The number of aromatic nitrogens is 2. The zero-order chi connectivity index (χ0) is 17.0. The molecule has 0 amide bonds. The summed E-state index contributed by atoms with van der Waals surface area (Å²) in [7, 11) is 1.94. The van der Waals surface area contributed by atoms with Gasteiger partial charge in [-0.2, -0.15) is 0 Å². The molecule has 2 aromatic rings. The van der Waals surface area contributed by atoms with Gasteiger partial charge >= 0.3 is 17.6 Å². The van der Waals surface area contributed by atoms with Crippen molar-refractivity contribution in [2.75, 3.05) is 7.05 Å². The molecule has 1 aromatic carbocycles. The van der Waals surface area contributed by atoms with Gasteiger partial charge in [-0.15, -0.1) is 0 Å². The first-order valence-corrected chi connectivity index (χ1v) is 6.94. The normalized spacial score (nSPS) is 16.1. The Labute approximate surface area is 131 Å². The molecule has 0 radical (unpaired) electrons. The van der Waals surface area contributed by atoms with E-state index in [1.807, 2.05) is 23.7 Å². The standard InChI is InChI=1S/C11H13N3O.C4H4O4/c1-12-8-5-7-3-2-4-9-10(7)14(6-8)11(15)13-9;5-3(6)1-2-4(7)8/h2-4,8,12H,5-6H2,1H3,(H,13,15);1-2H,(H,5,6)(H,7,8)/b;2-1-. The summed E-state index contributed by atoms with van der Waals surface area (Å²) in [6.45, 7) is 0.756. The molecule has 8 nitrogen and oxygen atoms in total. The molecule has 1 atom stereocenters. The summed E-state index contributed by atoms with van der Waals surface area (Å²) in [6, 6.07) is 6.40. The van der Waals surface area contributed by atoms with Crippen LogP contribution in [0.4, 0.5) is 0 Å². The first kappa shape index (κ1) is 16.5. The maximum Gasteiger partial charge on any atom is 0.328 e. The van der Waals surface area contributed by atoms with Gasteiger partial charge in [0.2, 0.25) is 0 Å². The molecule has 1 aromatic heterocycles. The quantitative estimate of drug-likeness (QED) is 0.598. The molecule has 1 aliphatic rings. The predicted molar refractivity (Wildman–Crippen MR) is 83.5 cm³/mol. The molecular weight excluding hydrogens is 302 g/mol. The Morgan fingerprint density at radius 2 is 1.96 bits per heavy atom. The number of hydrogen-bond acceptors (Lipinski definition) is 4. The number of carboxylic acid groups (broad SMARTS) is 2. The minimum atomic E-state index is -1.26. The number of nitrogens with one attached hydrogen (secondary N) is 2. The van der Waals surface area contributed by atoms with E-state index in [1.165, 1.54) is 5.56 Å². The maximum atomic E-state index is 11.7. The third-order valence-electron chi connectivity index (χ3n) is 3.52. The summed E-state index contributed by atoms with van der Waals surface area (Å²) in [5.74, 6) is -2.51. The van der Waals surface area contributed by atoms with Crippen LogP contribution >= 0.6 is 0 Å². The van der Waals surface area contributed by atoms with Crippen LogP contribution in [0, 0.1) is 0 Å². The lowest BCUT2D eigenvalue weighted by Crippen LogP contribution is -2.38. The summed E-state index contributed by atoms with van der Waals surface area (Å²) < 4.78 is 1.83. The summed E-state index contributed by atoms with van der Waals surface area (Å²) >= 11 is 0. The van der Waals surface area contributed by atoms with Gasteiger partial charge in [-0.3, -0.25) is 4.57 Å². The van der Waals surface area contributed by atoms with Crippen LogP contribution in [0.1, 0.15) is 5.56 Å². The van der Waals surface area contributed by atoms with Gasteiger partial charge in [-0.05, 0) is 25.1 Å². The van der Waals surface area contributed by atoms with Crippen molar-refractivity contribution in [3.63, 3.8) is 0 Å². The number of para-hydroxylation sites is 1. The largest absolute Gasteiger partial charge is 0.478 e. The number of aliphatic carboxylic acids is 2. The lowest BCUT2D eigenvalue weighted by Gasteiger charge is -2.22. The van der Waals surface area contributed by atoms with Gasteiger partial charge in [0.05, 0.1) is 11.0 Å². The molecular formula is C15H17N3O5. The van der Waals surface area contributed by atoms with Gasteiger partial charge < -0.3 is 20.5 Å². The summed E-state index contributed by atoms with van der Waals surface area (Å²) in [5.41, 5.74) is 3.27. The van der Waals surface area contributed by atoms with Crippen molar-refractivity contribution in [3.05, 3.63) is 46.4 Å². The third-order valence-corrected chi connectivity index (χ3v) is 3.52. The number of H-pyrrole nitrogens is 1. The second kappa shape index (κ2) is 6.93. The van der Waals surface area contributed by atoms with Crippen molar-refractivity contribution in [3.8, 4) is 0 Å². The van der Waals surface area contributed by atoms with E-state index in [2.05, 4.69) is 16.4 Å². The van der Waals surface area contributed by atoms with Crippen LogP contribution in [0.3, 0.4) is 0 Å². The van der Waals surface area contributed by atoms with Gasteiger partial charge in [0.15, 0.2) is 0 Å². The Hall–Kier alpha value is -2.87. The Kier molecular flexibility index (Phi) is 4.97. The third kappa shape index (κ3) is 3.86. The molecule has 0 spiro atoms. The van der Waals surface area contributed by atoms with Crippen molar-refractivity contribution in [2.45, 2.75) is 19.0 Å². The van der Waals surface area contributed by atoms with Gasteiger partial charge in [0.1, 0.15) is 0 Å². The molecule has 8 heteroatoms. The van der Waals surface area contributed by atoms with Crippen molar-refractivity contribution < 1.29 is 19.8 Å². The van der Waals surface area contributed by atoms with E-state index in [4.69, 9.17) is 10.2 Å². The fraction of sp³-hybridized carbons (Fsp3) is 0.267. The molecule has 0 aliphatic carbocycles. The number of imidazole rings is 1. The van der Waals surface area contributed by atoms with Crippen molar-refractivity contribution >= 4 is 23.0 Å². The number of likely N-dealkylation sites (N-methyl/N-ethyl adjacent to an activating group) is 1. The highest BCUT2D eigenvalue weighted by Crippen LogP contribution is 2.22. The average molecular weight is 319 g/mol. The second-order valence-electron chi connectivity index (χ2n) is 5.05. The molecule has 1 unspecified atom stereocenters. The molecule has 2 heterocycles. The molecule has 122 valence electrons. The molecule has 0 bridgehead atoms. The number of nitrogens with zero attached hydrogens (tertiary/aromatic N) is 1. The van der Waals surface area contributed by atoms with E-state index in [9.17, 15) is 14.4 Å². The number of rotatable bonds is 3. The Morgan fingerprint density at radius 3 is 2.52 bits per heavy atom. The fourth-order valence-corrected chi connectivity index (χ4v) is 2.52. The van der Waals surface area contributed by atoms with Crippen LogP contribution in [-0.4, -0.2) is 44.8 Å².